The second-order valence-electron chi connectivity index (χ2n) is 6.30. The lowest BCUT2D eigenvalue weighted by Gasteiger charge is -2.38. The van der Waals surface area contributed by atoms with Gasteiger partial charge in [0.05, 0.1) is 16.7 Å². The lowest BCUT2D eigenvalue weighted by atomic mass is 9.79. The van der Waals surface area contributed by atoms with Crippen LogP contribution in [0.2, 0.25) is 0 Å². The molecule has 120 valence electrons. The van der Waals surface area contributed by atoms with Gasteiger partial charge in [0.2, 0.25) is 0 Å². The number of hydrogen-bond donors (Lipinski definition) is 1. The van der Waals surface area contributed by atoms with E-state index in [9.17, 15) is 14.5 Å². The van der Waals surface area contributed by atoms with E-state index in [4.69, 9.17) is 0 Å². The van der Waals surface area contributed by atoms with Gasteiger partial charge in [-0.05, 0) is 56.7 Å². The number of piperidine rings is 2. The zero-order valence-corrected chi connectivity index (χ0v) is 12.6. The first-order valence-corrected chi connectivity index (χ1v) is 8.05. The van der Waals surface area contributed by atoms with Gasteiger partial charge in [-0.3, -0.25) is 10.1 Å². The number of benzene rings is 1. The van der Waals surface area contributed by atoms with E-state index in [0.717, 1.165) is 56.9 Å². The molecule has 3 rings (SSSR count). The molecule has 1 N–H and O–H groups in total. The number of non-ortho nitro benzene ring substituents is 1. The summed E-state index contributed by atoms with van der Waals surface area (Å²) in [5.41, 5.74) is 0.306. The molecule has 1 aromatic carbocycles. The summed E-state index contributed by atoms with van der Waals surface area (Å²) in [4.78, 5) is 12.1. The third kappa shape index (κ3) is 3.21. The number of anilines is 1. The monoisotopic (exact) mass is 307 g/mol. The van der Waals surface area contributed by atoms with Gasteiger partial charge in [0.1, 0.15) is 0 Å². The molecule has 1 aromatic rings. The summed E-state index contributed by atoms with van der Waals surface area (Å²) in [5.74, 6) is 1.04. The molecule has 22 heavy (non-hydrogen) atoms. The minimum atomic E-state index is -0.559. The van der Waals surface area contributed by atoms with Gasteiger partial charge < -0.3 is 10.2 Å². The van der Waals surface area contributed by atoms with Gasteiger partial charge in [-0.1, -0.05) is 0 Å². The van der Waals surface area contributed by atoms with Crippen molar-refractivity contribution in [2.24, 2.45) is 11.8 Å². The molecule has 2 saturated heterocycles. The molecule has 2 aliphatic rings. The number of halogens is 1. The Morgan fingerprint density at radius 2 is 1.77 bits per heavy atom. The van der Waals surface area contributed by atoms with E-state index in [0.29, 0.717) is 5.69 Å². The van der Waals surface area contributed by atoms with E-state index in [-0.39, 0.29) is 5.69 Å². The fourth-order valence-corrected chi connectivity index (χ4v) is 3.79. The van der Waals surface area contributed by atoms with Crippen LogP contribution in [0.5, 0.6) is 0 Å². The minimum Gasteiger partial charge on any atom is -0.369 e. The molecule has 0 unspecified atom stereocenters. The molecular weight excluding hydrogens is 285 g/mol. The topological polar surface area (TPSA) is 58.4 Å². The van der Waals surface area contributed by atoms with Crippen LogP contribution in [0.15, 0.2) is 18.2 Å². The Morgan fingerprint density at radius 3 is 2.36 bits per heavy atom. The summed E-state index contributed by atoms with van der Waals surface area (Å²) in [7, 11) is 0. The number of nitrogens with one attached hydrogen (secondary N) is 1. The van der Waals surface area contributed by atoms with Crippen molar-refractivity contribution in [3.05, 3.63) is 34.1 Å². The summed E-state index contributed by atoms with van der Waals surface area (Å²) < 4.78 is 14.1. The van der Waals surface area contributed by atoms with Gasteiger partial charge in [-0.2, -0.15) is 0 Å². The molecule has 0 radical (unpaired) electrons. The summed E-state index contributed by atoms with van der Waals surface area (Å²) in [6, 6.07) is 3.95. The van der Waals surface area contributed by atoms with E-state index in [1.54, 1.807) is 6.07 Å². The van der Waals surface area contributed by atoms with Gasteiger partial charge in [-0.15, -0.1) is 0 Å². The van der Waals surface area contributed by atoms with Crippen LogP contribution in [-0.2, 0) is 0 Å². The highest BCUT2D eigenvalue weighted by molar-refractivity contribution is 5.52. The summed E-state index contributed by atoms with van der Waals surface area (Å²) >= 11 is 0. The molecule has 2 aliphatic heterocycles. The van der Waals surface area contributed by atoms with Gasteiger partial charge in [-0.25, -0.2) is 4.39 Å². The average Bonchev–Trinajstić information content (AvgIpc) is 2.56. The van der Waals surface area contributed by atoms with Crippen LogP contribution in [0.3, 0.4) is 0 Å². The molecule has 6 heteroatoms. The Hall–Kier alpha value is -1.69. The van der Waals surface area contributed by atoms with Crippen LogP contribution in [0.4, 0.5) is 15.8 Å². The van der Waals surface area contributed by atoms with Crippen molar-refractivity contribution in [2.45, 2.75) is 25.7 Å². The molecule has 0 bridgehead atoms. The highest BCUT2D eigenvalue weighted by atomic mass is 19.1. The third-order valence-electron chi connectivity index (χ3n) is 5.07. The number of nitro benzene ring substituents is 1. The van der Waals surface area contributed by atoms with Crippen LogP contribution >= 0.6 is 0 Å². The second-order valence-corrected chi connectivity index (χ2v) is 6.30. The zero-order chi connectivity index (χ0) is 15.5. The maximum absolute atomic E-state index is 14.1. The number of rotatable bonds is 3. The zero-order valence-electron chi connectivity index (χ0n) is 12.6. The molecule has 0 atom stereocenters. The largest absolute Gasteiger partial charge is 0.369 e. The smallest absolute Gasteiger partial charge is 0.272 e. The predicted octanol–water partition coefficient (Wildman–Crippen LogP) is 2.95. The average molecular weight is 307 g/mol. The molecule has 2 fully saturated rings. The van der Waals surface area contributed by atoms with Gasteiger partial charge >= 0.3 is 0 Å². The molecule has 0 saturated carbocycles. The Labute approximate surface area is 129 Å². The van der Waals surface area contributed by atoms with Crippen molar-refractivity contribution in [2.75, 3.05) is 31.1 Å². The third-order valence-corrected chi connectivity index (χ3v) is 5.07. The van der Waals surface area contributed by atoms with Crippen molar-refractivity contribution in [1.29, 1.82) is 0 Å². The van der Waals surface area contributed by atoms with Crippen LogP contribution in [0.25, 0.3) is 0 Å². The fraction of sp³-hybridized carbons (Fsp3) is 0.625. The van der Waals surface area contributed by atoms with E-state index in [2.05, 4.69) is 5.32 Å². The van der Waals surface area contributed by atoms with Crippen LogP contribution < -0.4 is 10.2 Å². The van der Waals surface area contributed by atoms with E-state index >= 15 is 0 Å². The molecule has 2 heterocycles. The minimum absolute atomic E-state index is 0.189. The molecule has 5 nitrogen and oxygen atoms in total. The van der Waals surface area contributed by atoms with Gasteiger partial charge in [0.25, 0.3) is 5.69 Å². The lowest BCUT2D eigenvalue weighted by Crippen LogP contribution is -2.39. The molecule has 0 aromatic heterocycles. The molecule has 0 spiro atoms. The van der Waals surface area contributed by atoms with E-state index in [1.807, 2.05) is 4.90 Å². The Balaban J connectivity index is 1.62. The van der Waals surface area contributed by atoms with E-state index in [1.165, 1.54) is 18.9 Å². The van der Waals surface area contributed by atoms with E-state index < -0.39 is 10.7 Å². The van der Waals surface area contributed by atoms with Crippen molar-refractivity contribution in [3.8, 4) is 0 Å². The van der Waals surface area contributed by atoms with Crippen molar-refractivity contribution < 1.29 is 9.31 Å². The second kappa shape index (κ2) is 6.60. The highest BCUT2D eigenvalue weighted by Gasteiger charge is 2.28. The molecule has 0 aliphatic carbocycles. The standard InChI is InChI=1S/C16H22FN3O2/c17-15-11-14(20(21)22)1-2-16(15)19-9-5-13(6-10-19)12-3-7-18-8-4-12/h1-2,11-13,18H,3-10H2. The molecule has 0 amide bonds. The first kappa shape index (κ1) is 15.2. The SMILES string of the molecule is O=[N+]([O-])c1ccc(N2CCC(C3CCNCC3)CC2)c(F)c1. The Kier molecular flexibility index (Phi) is 4.57. The van der Waals surface area contributed by atoms with Crippen LogP contribution in [0.1, 0.15) is 25.7 Å². The first-order valence-electron chi connectivity index (χ1n) is 8.05. The number of hydrogen-bond acceptors (Lipinski definition) is 4. The maximum atomic E-state index is 14.1. The molecular formula is C16H22FN3O2. The summed E-state index contributed by atoms with van der Waals surface area (Å²) in [6.45, 7) is 3.90. The van der Waals surface area contributed by atoms with Crippen LogP contribution in [-0.4, -0.2) is 31.1 Å². The fourth-order valence-electron chi connectivity index (χ4n) is 3.79. The first-order chi connectivity index (χ1) is 10.6. The number of nitrogens with zero attached hydrogens (tertiary/aromatic N) is 2. The van der Waals surface area contributed by atoms with Crippen LogP contribution in [0, 0.1) is 27.8 Å². The highest BCUT2D eigenvalue weighted by Crippen LogP contribution is 2.33. The maximum Gasteiger partial charge on any atom is 0.272 e. The Bertz CT molecular complexity index is 538. The normalized spacial score (nSPS) is 21.0. The van der Waals surface area contributed by atoms with Crippen molar-refractivity contribution >= 4 is 11.4 Å². The van der Waals surface area contributed by atoms with Gasteiger partial charge in [0, 0.05) is 19.2 Å². The van der Waals surface area contributed by atoms with Crippen molar-refractivity contribution in [3.63, 3.8) is 0 Å². The Morgan fingerprint density at radius 1 is 1.14 bits per heavy atom. The quantitative estimate of drug-likeness (QED) is 0.689. The summed E-state index contributed by atoms with van der Waals surface area (Å²) in [5, 5.41) is 14.1. The van der Waals surface area contributed by atoms with Crippen molar-refractivity contribution in [1.82, 2.24) is 5.32 Å². The lowest BCUT2D eigenvalue weighted by molar-refractivity contribution is -0.385. The van der Waals surface area contributed by atoms with Gasteiger partial charge in [0.15, 0.2) is 5.82 Å². The number of nitro groups is 1. The summed E-state index contributed by atoms with van der Waals surface area (Å²) in [6.07, 6.45) is 4.66. The predicted molar refractivity (Wildman–Crippen MR) is 83.6 cm³/mol.